The minimum Gasteiger partial charge on any atom is -0.494 e. The van der Waals surface area contributed by atoms with Crippen molar-refractivity contribution in [2.45, 2.75) is 34.0 Å². The van der Waals surface area contributed by atoms with Gasteiger partial charge in [0.05, 0.1) is 52.9 Å². The summed E-state index contributed by atoms with van der Waals surface area (Å²) in [6.45, 7) is 12.4. The molecule has 0 N–H and O–H groups in total. The summed E-state index contributed by atoms with van der Waals surface area (Å²) in [4.78, 5) is 0. The highest BCUT2D eigenvalue weighted by atomic mass is 16.5. The van der Waals surface area contributed by atoms with Crippen LogP contribution in [0.2, 0.25) is 0 Å². The van der Waals surface area contributed by atoms with Crippen molar-refractivity contribution in [2.24, 2.45) is 0 Å². The highest BCUT2D eigenvalue weighted by Gasteiger charge is 2.09. The Bertz CT molecular complexity index is 2620. The molecule has 0 aromatic heterocycles. The van der Waals surface area contributed by atoms with Crippen LogP contribution in [0.25, 0.3) is 32.3 Å². The van der Waals surface area contributed by atoms with Crippen LogP contribution >= 0.6 is 0 Å². The second-order valence-corrected chi connectivity index (χ2v) is 14.8. The third kappa shape index (κ3) is 15.4. The van der Waals surface area contributed by atoms with Gasteiger partial charge in [0.25, 0.3) is 0 Å². The van der Waals surface area contributed by atoms with Crippen molar-refractivity contribution < 1.29 is 42.6 Å². The Morgan fingerprint density at radius 3 is 1.26 bits per heavy atom. The van der Waals surface area contributed by atoms with Crippen LogP contribution in [0.15, 0.2) is 170 Å². The first-order chi connectivity index (χ1) is 32.6. The largest absolute Gasteiger partial charge is 0.494 e. The molecule has 0 aliphatic rings. The van der Waals surface area contributed by atoms with E-state index in [1.54, 1.807) is 7.11 Å². The lowest BCUT2D eigenvalue weighted by atomic mass is 10.1. The maximum absolute atomic E-state index is 5.91. The highest BCUT2D eigenvalue weighted by molar-refractivity contribution is 5.93. The minimum absolute atomic E-state index is 0.491. The van der Waals surface area contributed by atoms with Crippen LogP contribution in [-0.4, -0.2) is 66.6 Å². The average Bonchev–Trinajstić information content (AvgIpc) is 3.35. The van der Waals surface area contributed by atoms with Gasteiger partial charge in [-0.1, -0.05) is 121 Å². The molecule has 0 saturated heterocycles. The number of ether oxygens (including phenoxy) is 9. The van der Waals surface area contributed by atoms with E-state index in [1.165, 1.54) is 11.1 Å². The smallest absolute Gasteiger partial charge is 0.161 e. The topological polar surface area (TPSA) is 83.1 Å². The molecular formula is C57H62O9. The number of hydrogen-bond donors (Lipinski definition) is 0. The summed E-state index contributed by atoms with van der Waals surface area (Å²) in [5, 5.41) is 6.72. The molecule has 8 aromatic carbocycles. The first-order valence-electron chi connectivity index (χ1n) is 22.7. The summed E-state index contributed by atoms with van der Waals surface area (Å²) >= 11 is 0. The highest BCUT2D eigenvalue weighted by Crippen LogP contribution is 2.34. The number of methoxy groups -OCH3 is 1. The summed E-state index contributed by atoms with van der Waals surface area (Å²) in [7, 11) is 1.67. The van der Waals surface area contributed by atoms with Gasteiger partial charge >= 0.3 is 0 Å². The molecule has 0 bridgehead atoms. The maximum Gasteiger partial charge on any atom is 0.161 e. The van der Waals surface area contributed by atoms with E-state index in [9.17, 15) is 0 Å². The summed E-state index contributed by atoms with van der Waals surface area (Å²) in [6.07, 6.45) is 0. The van der Waals surface area contributed by atoms with Crippen LogP contribution in [0, 0.1) is 0 Å². The fraction of sp³-hybridized carbons (Fsp3) is 0.263. The molecular weight excluding hydrogens is 829 g/mol. The van der Waals surface area contributed by atoms with E-state index >= 15 is 0 Å². The fourth-order valence-corrected chi connectivity index (χ4v) is 6.98. The maximum atomic E-state index is 5.91. The molecule has 0 atom stereocenters. The first-order valence-corrected chi connectivity index (χ1v) is 22.7. The molecule has 0 saturated carbocycles. The molecule has 344 valence electrons. The molecule has 0 aliphatic carbocycles. The molecule has 66 heavy (non-hydrogen) atoms. The Balaban J connectivity index is 0.000000166. The van der Waals surface area contributed by atoms with E-state index < -0.39 is 0 Å². The van der Waals surface area contributed by atoms with E-state index in [0.29, 0.717) is 72.7 Å². The third-order valence-electron chi connectivity index (χ3n) is 10.1. The molecule has 9 nitrogen and oxygen atoms in total. The molecule has 0 aliphatic heterocycles. The van der Waals surface area contributed by atoms with Crippen molar-refractivity contribution in [2.75, 3.05) is 66.6 Å². The van der Waals surface area contributed by atoms with E-state index in [0.717, 1.165) is 66.8 Å². The number of benzene rings is 8. The van der Waals surface area contributed by atoms with Gasteiger partial charge in [0.2, 0.25) is 0 Å². The average molecular weight is 891 g/mol. The number of hydrogen-bond acceptors (Lipinski definition) is 9. The normalized spacial score (nSPS) is 10.7. The summed E-state index contributed by atoms with van der Waals surface area (Å²) in [6, 6.07) is 56.7. The summed E-state index contributed by atoms with van der Waals surface area (Å²) in [5.41, 5.74) is 2.34. The molecule has 0 spiro atoms. The van der Waals surface area contributed by atoms with E-state index in [4.69, 9.17) is 42.6 Å². The molecule has 0 unspecified atom stereocenters. The molecule has 8 rings (SSSR count). The summed E-state index contributed by atoms with van der Waals surface area (Å²) < 4.78 is 50.5. The van der Waals surface area contributed by atoms with Crippen molar-refractivity contribution in [3.05, 3.63) is 181 Å². The van der Waals surface area contributed by atoms with E-state index in [1.807, 2.05) is 142 Å². The van der Waals surface area contributed by atoms with Gasteiger partial charge in [-0.05, 0) is 102 Å². The number of fused-ring (bicyclic) bond motifs is 3. The van der Waals surface area contributed by atoms with Crippen molar-refractivity contribution in [1.82, 2.24) is 0 Å². The van der Waals surface area contributed by atoms with Gasteiger partial charge in [0, 0.05) is 17.9 Å². The molecule has 0 heterocycles. The van der Waals surface area contributed by atoms with Crippen LogP contribution in [0.4, 0.5) is 0 Å². The standard InChI is InChI=1S/2C21H22O3.C15H18O3/c1-2-23-20-12-6-11-19-18(20)10-7-13-21(19)24-15-14-22-16-17-8-4-3-5-9-17;1-2-23-20-14-18-10-6-7-11-19(18)15-21(20)24-13-12-22-16-17-8-4-3-5-9-17;1-3-17-14-6-4-13-11-15(18-9-8-16-2)7-5-12(13)10-14/h3-13H,2,14-16H2,1H3;3-11,14-15H,2,12-13,16H2,1H3;4-7,10-11H,3,8-9H2,1-2H3. The van der Waals surface area contributed by atoms with Gasteiger partial charge in [-0.25, -0.2) is 0 Å². The Hall–Kier alpha value is -6.78. The number of rotatable bonds is 22. The second kappa shape index (κ2) is 27.5. The molecule has 0 amide bonds. The minimum atomic E-state index is 0.491. The van der Waals surface area contributed by atoms with E-state index in [2.05, 4.69) is 48.5 Å². The first kappa shape index (κ1) is 48.7. The van der Waals surface area contributed by atoms with Gasteiger partial charge in [0.1, 0.15) is 42.8 Å². The Labute approximate surface area is 389 Å². The predicted molar refractivity (Wildman–Crippen MR) is 266 cm³/mol. The van der Waals surface area contributed by atoms with Gasteiger partial charge in [-0.15, -0.1) is 0 Å². The van der Waals surface area contributed by atoms with Gasteiger partial charge < -0.3 is 42.6 Å². The summed E-state index contributed by atoms with van der Waals surface area (Å²) in [5.74, 6) is 5.05. The van der Waals surface area contributed by atoms with Crippen LogP contribution in [0.5, 0.6) is 34.5 Å². The zero-order chi connectivity index (χ0) is 46.0. The van der Waals surface area contributed by atoms with E-state index in [-0.39, 0.29) is 0 Å². The zero-order valence-corrected chi connectivity index (χ0v) is 38.6. The predicted octanol–water partition coefficient (Wildman–Crippen LogP) is 12.9. The lowest BCUT2D eigenvalue weighted by Gasteiger charge is -2.13. The molecule has 0 radical (unpaired) electrons. The van der Waals surface area contributed by atoms with Crippen molar-refractivity contribution >= 4 is 32.3 Å². The Morgan fingerprint density at radius 2 is 0.742 bits per heavy atom. The third-order valence-corrected chi connectivity index (χ3v) is 10.1. The zero-order valence-electron chi connectivity index (χ0n) is 38.6. The monoisotopic (exact) mass is 890 g/mol. The molecule has 8 aromatic rings. The molecule has 0 fully saturated rings. The fourth-order valence-electron chi connectivity index (χ4n) is 6.98. The van der Waals surface area contributed by atoms with Crippen molar-refractivity contribution in [1.29, 1.82) is 0 Å². The lowest BCUT2D eigenvalue weighted by molar-refractivity contribution is 0.0878. The van der Waals surface area contributed by atoms with Crippen molar-refractivity contribution in [3.8, 4) is 34.5 Å². The van der Waals surface area contributed by atoms with Gasteiger partial charge in [0.15, 0.2) is 11.5 Å². The van der Waals surface area contributed by atoms with Crippen LogP contribution in [0.1, 0.15) is 31.9 Å². The van der Waals surface area contributed by atoms with Crippen LogP contribution < -0.4 is 28.4 Å². The Morgan fingerprint density at radius 1 is 0.318 bits per heavy atom. The lowest BCUT2D eigenvalue weighted by Crippen LogP contribution is -2.08. The van der Waals surface area contributed by atoms with Crippen LogP contribution in [-0.2, 0) is 27.4 Å². The van der Waals surface area contributed by atoms with Gasteiger partial charge in [-0.2, -0.15) is 0 Å². The SMILES string of the molecule is CCOc1cc2ccccc2cc1OCCOCc1ccccc1.CCOc1ccc2cc(OCCOC)ccc2c1.CCOc1cccc2c(OCCOCc3ccccc3)cccc12. The quantitative estimate of drug-likeness (QED) is 0.0618. The van der Waals surface area contributed by atoms with Crippen molar-refractivity contribution in [3.63, 3.8) is 0 Å². The van der Waals surface area contributed by atoms with Crippen LogP contribution in [0.3, 0.4) is 0 Å². The van der Waals surface area contributed by atoms with Gasteiger partial charge in [-0.3, -0.25) is 0 Å². The Kier molecular flexibility index (Phi) is 20.3. The molecule has 9 heteroatoms. The second-order valence-electron chi connectivity index (χ2n) is 14.8.